The Morgan fingerprint density at radius 3 is 1.30 bits per heavy atom. The fraction of sp³-hybridized carbons (Fsp3) is 1.00. The van der Waals surface area contributed by atoms with Crippen molar-refractivity contribution in [2.75, 3.05) is 26.4 Å². The largest absolute Gasteiger partial charge is 0.381 e. The molecule has 0 saturated carbocycles. The molecule has 20 heavy (non-hydrogen) atoms. The lowest BCUT2D eigenvalue weighted by atomic mass is 10.1. The van der Waals surface area contributed by atoms with Crippen LogP contribution in [0.15, 0.2) is 0 Å². The standard InChI is InChI=1S/C16H34O.C2H4O/c1-3-5-7-9-11-13-15-17-16-14-12-10-8-6-4-2;1-2-3-1/h3-16H2,1-2H3;1-2H2. The van der Waals surface area contributed by atoms with Crippen LogP contribution in [0.4, 0.5) is 0 Å². The van der Waals surface area contributed by atoms with Crippen LogP contribution in [0.1, 0.15) is 90.9 Å². The van der Waals surface area contributed by atoms with Crippen molar-refractivity contribution >= 4 is 0 Å². The molecular formula is C18H38O2. The number of unbranched alkanes of at least 4 members (excludes halogenated alkanes) is 10. The Morgan fingerprint density at radius 2 is 0.950 bits per heavy atom. The first-order valence-electron chi connectivity index (χ1n) is 9.07. The topological polar surface area (TPSA) is 21.8 Å². The van der Waals surface area contributed by atoms with E-state index in [2.05, 4.69) is 18.6 Å². The van der Waals surface area contributed by atoms with Gasteiger partial charge >= 0.3 is 0 Å². The molecule has 1 aliphatic rings. The van der Waals surface area contributed by atoms with Crippen LogP contribution in [-0.2, 0) is 9.47 Å². The highest BCUT2D eigenvalue weighted by atomic mass is 16.6. The zero-order valence-electron chi connectivity index (χ0n) is 14.1. The van der Waals surface area contributed by atoms with Crippen molar-refractivity contribution in [3.8, 4) is 0 Å². The second-order valence-corrected chi connectivity index (χ2v) is 5.76. The molecule has 0 N–H and O–H groups in total. The van der Waals surface area contributed by atoms with Crippen LogP contribution in [0.5, 0.6) is 0 Å². The van der Waals surface area contributed by atoms with E-state index in [0.29, 0.717) is 0 Å². The van der Waals surface area contributed by atoms with Crippen molar-refractivity contribution in [2.24, 2.45) is 0 Å². The molecule has 0 aromatic rings. The van der Waals surface area contributed by atoms with Crippen molar-refractivity contribution in [3.63, 3.8) is 0 Å². The van der Waals surface area contributed by atoms with Gasteiger partial charge in [0, 0.05) is 13.2 Å². The second kappa shape index (κ2) is 18.9. The number of hydrogen-bond acceptors (Lipinski definition) is 2. The average molecular weight is 286 g/mol. The molecular weight excluding hydrogens is 248 g/mol. The summed E-state index contributed by atoms with van der Waals surface area (Å²) in [6.07, 6.45) is 16.3. The average Bonchev–Trinajstić information content (AvgIpc) is 3.32. The minimum Gasteiger partial charge on any atom is -0.381 e. The predicted molar refractivity (Wildman–Crippen MR) is 88.4 cm³/mol. The second-order valence-electron chi connectivity index (χ2n) is 5.76. The van der Waals surface area contributed by atoms with Crippen LogP contribution in [0, 0.1) is 0 Å². The number of rotatable bonds is 14. The summed E-state index contributed by atoms with van der Waals surface area (Å²) in [5.41, 5.74) is 0. The molecule has 0 atom stereocenters. The minimum atomic E-state index is 0.987. The van der Waals surface area contributed by atoms with E-state index in [0.717, 1.165) is 26.4 Å². The van der Waals surface area contributed by atoms with Crippen LogP contribution in [0.2, 0.25) is 0 Å². The molecule has 0 amide bonds. The lowest BCUT2D eigenvalue weighted by molar-refractivity contribution is 0.125. The van der Waals surface area contributed by atoms with Gasteiger partial charge in [-0.25, -0.2) is 0 Å². The van der Waals surface area contributed by atoms with Crippen molar-refractivity contribution in [2.45, 2.75) is 90.9 Å². The highest BCUT2D eigenvalue weighted by Gasteiger charge is 1.94. The summed E-state index contributed by atoms with van der Waals surface area (Å²) >= 11 is 0. The van der Waals surface area contributed by atoms with Gasteiger partial charge in [-0.3, -0.25) is 0 Å². The molecule has 0 aromatic carbocycles. The Balaban J connectivity index is 0.00000105. The van der Waals surface area contributed by atoms with Crippen molar-refractivity contribution < 1.29 is 9.47 Å². The van der Waals surface area contributed by atoms with E-state index in [1.807, 2.05) is 0 Å². The Morgan fingerprint density at radius 1 is 0.600 bits per heavy atom. The van der Waals surface area contributed by atoms with E-state index < -0.39 is 0 Å². The van der Waals surface area contributed by atoms with Gasteiger partial charge in [0.1, 0.15) is 0 Å². The van der Waals surface area contributed by atoms with Crippen LogP contribution in [0.25, 0.3) is 0 Å². The molecule has 0 radical (unpaired) electrons. The molecule has 122 valence electrons. The van der Waals surface area contributed by atoms with E-state index in [-0.39, 0.29) is 0 Å². The van der Waals surface area contributed by atoms with Crippen molar-refractivity contribution in [1.82, 2.24) is 0 Å². The quantitative estimate of drug-likeness (QED) is 0.300. The van der Waals surface area contributed by atoms with Crippen LogP contribution in [-0.4, -0.2) is 26.4 Å². The lowest BCUT2D eigenvalue weighted by Crippen LogP contribution is -1.97. The molecule has 0 aliphatic carbocycles. The minimum absolute atomic E-state index is 0.987. The molecule has 1 rings (SSSR count). The molecule has 2 nitrogen and oxygen atoms in total. The molecule has 0 spiro atoms. The molecule has 0 bridgehead atoms. The zero-order chi connectivity index (χ0) is 14.7. The summed E-state index contributed by atoms with van der Waals surface area (Å²) in [6, 6.07) is 0. The number of epoxide rings is 1. The highest BCUT2D eigenvalue weighted by Crippen LogP contribution is 2.06. The first kappa shape index (κ1) is 19.9. The first-order chi connectivity index (χ1) is 9.91. The summed E-state index contributed by atoms with van der Waals surface area (Å²) in [5.74, 6) is 0. The third-order valence-electron chi connectivity index (χ3n) is 3.49. The fourth-order valence-electron chi connectivity index (χ4n) is 2.07. The maximum absolute atomic E-state index is 5.65. The molecule has 0 unspecified atom stereocenters. The predicted octanol–water partition coefficient (Wildman–Crippen LogP) is 5.74. The highest BCUT2D eigenvalue weighted by molar-refractivity contribution is 4.45. The van der Waals surface area contributed by atoms with Crippen LogP contribution >= 0.6 is 0 Å². The van der Waals surface area contributed by atoms with Gasteiger partial charge in [-0.2, -0.15) is 0 Å². The van der Waals surface area contributed by atoms with Gasteiger partial charge in [0.25, 0.3) is 0 Å². The molecule has 1 heterocycles. The maximum atomic E-state index is 5.65. The van der Waals surface area contributed by atoms with Gasteiger partial charge in [-0.05, 0) is 12.8 Å². The van der Waals surface area contributed by atoms with Crippen molar-refractivity contribution in [1.29, 1.82) is 0 Å². The molecule has 1 aliphatic heterocycles. The van der Waals surface area contributed by atoms with Gasteiger partial charge in [-0.15, -0.1) is 0 Å². The van der Waals surface area contributed by atoms with Gasteiger partial charge in [-0.1, -0.05) is 78.1 Å². The van der Waals surface area contributed by atoms with Gasteiger partial charge in [0.2, 0.25) is 0 Å². The Labute approximate surface area is 127 Å². The third kappa shape index (κ3) is 23.0. The van der Waals surface area contributed by atoms with E-state index in [1.165, 1.54) is 77.0 Å². The summed E-state index contributed by atoms with van der Waals surface area (Å²) in [4.78, 5) is 0. The number of hydrogen-bond donors (Lipinski definition) is 0. The Kier molecular flexibility index (Phi) is 18.8. The normalized spacial score (nSPS) is 12.9. The Bertz CT molecular complexity index is 141. The first-order valence-corrected chi connectivity index (χ1v) is 9.07. The molecule has 0 aromatic heterocycles. The van der Waals surface area contributed by atoms with Crippen molar-refractivity contribution in [3.05, 3.63) is 0 Å². The summed E-state index contributed by atoms with van der Waals surface area (Å²) in [7, 11) is 0. The summed E-state index contributed by atoms with van der Waals surface area (Å²) in [5, 5.41) is 0. The van der Waals surface area contributed by atoms with Gasteiger partial charge in [0.05, 0.1) is 13.2 Å². The van der Waals surface area contributed by atoms with E-state index >= 15 is 0 Å². The SMILES string of the molecule is C1CO1.CCCCCCCCOCCCCCCCC. The van der Waals surface area contributed by atoms with E-state index in [1.54, 1.807) is 0 Å². The summed E-state index contributed by atoms with van der Waals surface area (Å²) in [6.45, 7) is 8.51. The van der Waals surface area contributed by atoms with Crippen LogP contribution < -0.4 is 0 Å². The van der Waals surface area contributed by atoms with E-state index in [9.17, 15) is 0 Å². The van der Waals surface area contributed by atoms with E-state index in [4.69, 9.17) is 4.74 Å². The molecule has 2 heteroatoms. The fourth-order valence-corrected chi connectivity index (χ4v) is 2.07. The van der Waals surface area contributed by atoms with Gasteiger partial charge in [0.15, 0.2) is 0 Å². The monoisotopic (exact) mass is 286 g/mol. The number of ether oxygens (including phenoxy) is 2. The molecule has 1 fully saturated rings. The molecule has 1 saturated heterocycles. The summed E-state index contributed by atoms with van der Waals surface area (Å²) < 4.78 is 10.1. The van der Waals surface area contributed by atoms with Gasteiger partial charge < -0.3 is 9.47 Å². The Hall–Kier alpha value is -0.0800. The smallest absolute Gasteiger partial charge is 0.0701 e. The van der Waals surface area contributed by atoms with Crippen LogP contribution in [0.3, 0.4) is 0 Å². The maximum Gasteiger partial charge on any atom is 0.0701 e. The lowest BCUT2D eigenvalue weighted by Gasteiger charge is -2.04. The third-order valence-corrected chi connectivity index (χ3v) is 3.49. The zero-order valence-corrected chi connectivity index (χ0v) is 14.1.